The van der Waals surface area contributed by atoms with Crippen molar-refractivity contribution in [3.05, 3.63) is 16.4 Å². The van der Waals surface area contributed by atoms with Crippen molar-refractivity contribution in [2.75, 3.05) is 18.0 Å². The summed E-state index contributed by atoms with van der Waals surface area (Å²) in [5, 5.41) is 19.4. The highest BCUT2D eigenvalue weighted by Crippen LogP contribution is 2.31. The van der Waals surface area contributed by atoms with Crippen LogP contribution < -0.4 is 4.90 Å². The van der Waals surface area contributed by atoms with Crippen LogP contribution in [0.5, 0.6) is 0 Å². The summed E-state index contributed by atoms with van der Waals surface area (Å²) in [7, 11) is 1.64. The molecule has 0 unspecified atom stereocenters. The molecule has 0 radical (unpaired) electrons. The van der Waals surface area contributed by atoms with Crippen molar-refractivity contribution >= 4 is 17.6 Å². The fraction of sp³-hybridized carbons (Fsp3) is 0.500. The Morgan fingerprint density at radius 3 is 2.81 bits per heavy atom. The van der Waals surface area contributed by atoms with Gasteiger partial charge in [-0.05, 0) is 9.91 Å². The first-order valence-corrected chi connectivity index (χ1v) is 4.64. The molecule has 1 N–H and O–H groups in total. The van der Waals surface area contributed by atoms with Gasteiger partial charge in [-0.15, -0.1) is 0 Å². The number of aliphatic carboxylic acids is 1. The predicted octanol–water partition coefficient (Wildman–Crippen LogP) is -0.151. The van der Waals surface area contributed by atoms with Gasteiger partial charge in [0, 0.05) is 20.1 Å². The largest absolute Gasteiger partial charge is 0.481 e. The highest BCUT2D eigenvalue weighted by Gasteiger charge is 2.38. The smallest absolute Gasteiger partial charge is 0.406 e. The van der Waals surface area contributed by atoms with Gasteiger partial charge in [0.25, 0.3) is 0 Å². The van der Waals surface area contributed by atoms with Crippen molar-refractivity contribution in [2.24, 2.45) is 13.0 Å². The summed E-state index contributed by atoms with van der Waals surface area (Å²) in [4.78, 5) is 26.0. The molecule has 1 aromatic heterocycles. The maximum atomic E-state index is 10.7. The highest BCUT2D eigenvalue weighted by atomic mass is 16.6. The first kappa shape index (κ1) is 10.4. The maximum absolute atomic E-state index is 10.7. The van der Waals surface area contributed by atoms with Gasteiger partial charge in [-0.1, -0.05) is 0 Å². The number of hydrogen-bond donors (Lipinski definition) is 1. The first-order chi connectivity index (χ1) is 7.50. The van der Waals surface area contributed by atoms with Gasteiger partial charge in [-0.25, -0.2) is 0 Å². The van der Waals surface area contributed by atoms with Crippen LogP contribution in [0.4, 0.5) is 11.6 Å². The second-order valence-electron chi connectivity index (χ2n) is 3.70. The molecule has 0 amide bonds. The highest BCUT2D eigenvalue weighted by molar-refractivity contribution is 5.75. The van der Waals surface area contributed by atoms with Gasteiger partial charge in [0.15, 0.2) is 0 Å². The molecule has 0 aromatic carbocycles. The predicted molar refractivity (Wildman–Crippen MR) is 53.2 cm³/mol. The van der Waals surface area contributed by atoms with Gasteiger partial charge >= 0.3 is 11.8 Å². The molecule has 1 aromatic rings. The molecular weight excluding hydrogens is 216 g/mol. The second kappa shape index (κ2) is 3.47. The Balaban J connectivity index is 2.20. The number of aryl methyl sites for hydroxylation is 1. The summed E-state index contributed by atoms with van der Waals surface area (Å²) < 4.78 is 1.52. The molecule has 1 fully saturated rings. The van der Waals surface area contributed by atoms with Gasteiger partial charge in [-0.3, -0.25) is 9.36 Å². The van der Waals surface area contributed by atoms with Crippen molar-refractivity contribution in [3.8, 4) is 0 Å². The minimum absolute atomic E-state index is 0.230. The molecule has 2 heterocycles. The van der Waals surface area contributed by atoms with Crippen molar-refractivity contribution in [3.63, 3.8) is 0 Å². The quantitative estimate of drug-likeness (QED) is 0.568. The van der Waals surface area contributed by atoms with E-state index in [9.17, 15) is 14.9 Å². The normalized spacial score (nSPS) is 15.9. The lowest BCUT2D eigenvalue weighted by Crippen LogP contribution is -2.51. The maximum Gasteiger partial charge on any atom is 0.406 e. The molecule has 0 saturated carbocycles. The topological polar surface area (TPSA) is 101 Å². The molecule has 2 rings (SSSR count). The van der Waals surface area contributed by atoms with E-state index in [-0.39, 0.29) is 18.9 Å². The van der Waals surface area contributed by atoms with Crippen molar-refractivity contribution in [1.82, 2.24) is 9.55 Å². The summed E-state index contributed by atoms with van der Waals surface area (Å²) >= 11 is 0. The molecule has 1 aliphatic rings. The van der Waals surface area contributed by atoms with Crippen LogP contribution in [0.25, 0.3) is 0 Å². The summed E-state index contributed by atoms with van der Waals surface area (Å²) in [6, 6.07) is 0. The standard InChI is InChI=1S/C8H10N4O4/c1-10-4-9-6(12(15)16)7(10)11-2-5(3-11)8(13)14/h4-5H,2-3H2,1H3,(H,13,14). The van der Waals surface area contributed by atoms with Crippen molar-refractivity contribution in [2.45, 2.75) is 0 Å². The average Bonchev–Trinajstić information content (AvgIpc) is 2.45. The van der Waals surface area contributed by atoms with E-state index in [0.717, 1.165) is 0 Å². The molecular formula is C8H10N4O4. The average molecular weight is 226 g/mol. The van der Waals surface area contributed by atoms with E-state index in [2.05, 4.69) is 4.98 Å². The fourth-order valence-electron chi connectivity index (χ4n) is 1.71. The third-order valence-electron chi connectivity index (χ3n) is 2.59. The molecule has 0 aliphatic carbocycles. The number of nitrogens with zero attached hydrogens (tertiary/aromatic N) is 4. The lowest BCUT2D eigenvalue weighted by Gasteiger charge is -2.37. The van der Waals surface area contributed by atoms with Crippen LogP contribution in [-0.4, -0.2) is 38.6 Å². The zero-order valence-electron chi connectivity index (χ0n) is 8.53. The number of aromatic nitrogens is 2. The zero-order valence-corrected chi connectivity index (χ0v) is 8.53. The molecule has 8 heteroatoms. The molecule has 1 saturated heterocycles. The van der Waals surface area contributed by atoms with Crippen LogP contribution in [-0.2, 0) is 11.8 Å². The third kappa shape index (κ3) is 1.47. The molecule has 1 aliphatic heterocycles. The number of anilines is 1. The molecule has 0 atom stereocenters. The lowest BCUT2D eigenvalue weighted by molar-refractivity contribution is -0.388. The Morgan fingerprint density at radius 1 is 1.69 bits per heavy atom. The Kier molecular flexibility index (Phi) is 2.26. The summed E-state index contributed by atoms with van der Waals surface area (Å²) in [5.41, 5.74) is 0. The van der Waals surface area contributed by atoms with Crippen LogP contribution >= 0.6 is 0 Å². The summed E-state index contributed by atoms with van der Waals surface area (Å²) in [6.07, 6.45) is 1.35. The van der Waals surface area contributed by atoms with Crippen LogP contribution in [0.3, 0.4) is 0 Å². The zero-order chi connectivity index (χ0) is 11.9. The Bertz CT molecular complexity index is 449. The molecule has 16 heavy (non-hydrogen) atoms. The Morgan fingerprint density at radius 2 is 2.31 bits per heavy atom. The SMILES string of the molecule is Cn1cnc([N+](=O)[O-])c1N1CC(C(=O)O)C1. The lowest BCUT2D eigenvalue weighted by atomic mass is 10.0. The van der Waals surface area contributed by atoms with Gasteiger partial charge in [0.05, 0.1) is 5.92 Å². The van der Waals surface area contributed by atoms with Crippen LogP contribution in [0.15, 0.2) is 6.33 Å². The van der Waals surface area contributed by atoms with Gasteiger partial charge < -0.3 is 20.1 Å². The number of nitro groups is 1. The molecule has 8 nitrogen and oxygen atoms in total. The van der Waals surface area contributed by atoms with E-state index < -0.39 is 16.8 Å². The number of hydrogen-bond acceptors (Lipinski definition) is 5. The van der Waals surface area contributed by atoms with E-state index in [1.807, 2.05) is 0 Å². The van der Waals surface area contributed by atoms with Gasteiger partial charge in [0.2, 0.25) is 12.1 Å². The second-order valence-corrected chi connectivity index (χ2v) is 3.70. The minimum Gasteiger partial charge on any atom is -0.481 e. The van der Waals surface area contributed by atoms with E-state index in [4.69, 9.17) is 5.11 Å². The van der Waals surface area contributed by atoms with E-state index >= 15 is 0 Å². The Hall–Kier alpha value is -2.12. The van der Waals surface area contributed by atoms with Crippen molar-refractivity contribution in [1.29, 1.82) is 0 Å². The Labute approximate surface area is 90.3 Å². The minimum atomic E-state index is -0.874. The van der Waals surface area contributed by atoms with Crippen LogP contribution in [0, 0.1) is 16.0 Å². The molecule has 0 spiro atoms. The number of imidazole rings is 1. The summed E-state index contributed by atoms with van der Waals surface area (Å²) in [6.45, 7) is 0.575. The van der Waals surface area contributed by atoms with Gasteiger partial charge in [-0.2, -0.15) is 0 Å². The van der Waals surface area contributed by atoms with E-state index in [1.165, 1.54) is 10.9 Å². The monoisotopic (exact) mass is 226 g/mol. The summed E-state index contributed by atoms with van der Waals surface area (Å²) in [5.74, 6) is -1.19. The number of carboxylic acids is 1. The number of carbonyl (C=O) groups is 1. The van der Waals surface area contributed by atoms with Crippen LogP contribution in [0.1, 0.15) is 0 Å². The van der Waals surface area contributed by atoms with Crippen molar-refractivity contribution < 1.29 is 14.8 Å². The third-order valence-corrected chi connectivity index (χ3v) is 2.59. The first-order valence-electron chi connectivity index (χ1n) is 4.64. The van der Waals surface area contributed by atoms with Crippen LogP contribution in [0.2, 0.25) is 0 Å². The van der Waals surface area contributed by atoms with Gasteiger partial charge in [0.1, 0.15) is 0 Å². The molecule has 86 valence electrons. The fourth-order valence-corrected chi connectivity index (χ4v) is 1.71. The number of carboxylic acid groups (broad SMARTS) is 1. The van der Waals surface area contributed by atoms with E-state index in [1.54, 1.807) is 11.9 Å². The van der Waals surface area contributed by atoms with E-state index in [0.29, 0.717) is 5.82 Å². The number of rotatable bonds is 3. The molecule has 0 bridgehead atoms.